The Morgan fingerprint density at radius 2 is 2.22 bits per heavy atom. The van der Waals surface area contributed by atoms with Gasteiger partial charge >= 0.3 is 5.97 Å². The van der Waals surface area contributed by atoms with Crippen LogP contribution >= 0.6 is 15.9 Å². The maximum Gasteiger partial charge on any atom is 0.331 e. The average molecular weight is 310 g/mol. The molecule has 0 unspecified atom stereocenters. The third kappa shape index (κ3) is 2.06. The monoisotopic (exact) mass is 309 g/mol. The third-order valence-electron chi connectivity index (χ3n) is 2.70. The number of amides is 1. The minimum Gasteiger partial charge on any atom is -0.463 e. The summed E-state index contributed by atoms with van der Waals surface area (Å²) in [4.78, 5) is 25.1. The zero-order valence-corrected chi connectivity index (χ0v) is 11.7. The molecule has 1 heterocycles. The Labute approximate surface area is 113 Å². The van der Waals surface area contributed by atoms with E-state index in [4.69, 9.17) is 4.74 Å². The van der Waals surface area contributed by atoms with Gasteiger partial charge in [-0.15, -0.1) is 0 Å². The van der Waals surface area contributed by atoms with Crippen LogP contribution in [0.15, 0.2) is 28.7 Å². The molecule has 0 radical (unpaired) electrons. The van der Waals surface area contributed by atoms with Gasteiger partial charge in [-0.1, -0.05) is 12.1 Å². The lowest BCUT2D eigenvalue weighted by atomic mass is 10.1. The molecular formula is C13H12BrNO3. The molecule has 4 nitrogen and oxygen atoms in total. The summed E-state index contributed by atoms with van der Waals surface area (Å²) >= 11 is 3.40. The number of rotatable bonds is 2. The van der Waals surface area contributed by atoms with Gasteiger partial charge in [-0.05, 0) is 28.9 Å². The minimum absolute atomic E-state index is 0.204. The zero-order valence-electron chi connectivity index (χ0n) is 10.1. The van der Waals surface area contributed by atoms with Gasteiger partial charge in [-0.3, -0.25) is 4.79 Å². The second kappa shape index (κ2) is 4.94. The van der Waals surface area contributed by atoms with E-state index in [1.165, 1.54) is 11.0 Å². The number of esters is 1. The second-order valence-electron chi connectivity index (χ2n) is 3.81. The zero-order chi connectivity index (χ0) is 13.3. The van der Waals surface area contributed by atoms with E-state index in [1.54, 1.807) is 14.0 Å². The molecule has 0 saturated carbocycles. The summed E-state index contributed by atoms with van der Waals surface area (Å²) in [6, 6.07) is 5.50. The molecule has 0 N–H and O–H groups in total. The standard InChI is InChI=1S/C13H12BrNO3/c1-3-18-11(16)7-9-8-5-4-6-10(14)12(8)15(2)13(9)17/h4-7H,3H2,1-2H3/b9-7-. The molecule has 0 bridgehead atoms. The molecule has 1 amide bonds. The van der Waals surface area contributed by atoms with E-state index in [-0.39, 0.29) is 12.5 Å². The van der Waals surface area contributed by atoms with Gasteiger partial charge in [0.05, 0.1) is 17.9 Å². The molecule has 0 spiro atoms. The number of halogens is 1. The number of hydrogen-bond acceptors (Lipinski definition) is 3. The number of nitrogens with zero attached hydrogens (tertiary/aromatic N) is 1. The van der Waals surface area contributed by atoms with Gasteiger partial charge in [-0.25, -0.2) is 4.79 Å². The van der Waals surface area contributed by atoms with Crippen LogP contribution in [0.5, 0.6) is 0 Å². The number of benzene rings is 1. The van der Waals surface area contributed by atoms with Crippen LogP contribution in [0.1, 0.15) is 12.5 Å². The Balaban J connectivity index is 2.50. The predicted molar refractivity (Wildman–Crippen MR) is 72.2 cm³/mol. The number of anilines is 1. The first kappa shape index (κ1) is 12.8. The van der Waals surface area contributed by atoms with E-state index >= 15 is 0 Å². The van der Waals surface area contributed by atoms with Gasteiger partial charge in [0.1, 0.15) is 0 Å². The fraction of sp³-hybridized carbons (Fsp3) is 0.231. The average Bonchev–Trinajstić information content (AvgIpc) is 2.56. The van der Waals surface area contributed by atoms with Gasteiger partial charge in [0.15, 0.2) is 0 Å². The van der Waals surface area contributed by atoms with E-state index in [0.717, 1.165) is 15.7 Å². The summed E-state index contributed by atoms with van der Waals surface area (Å²) in [5.74, 6) is -0.702. The molecule has 0 atom stereocenters. The molecule has 1 aliphatic rings. The topological polar surface area (TPSA) is 46.6 Å². The van der Waals surface area contributed by atoms with E-state index in [0.29, 0.717) is 5.57 Å². The maximum absolute atomic E-state index is 12.1. The van der Waals surface area contributed by atoms with Crippen LogP contribution in [0.4, 0.5) is 5.69 Å². The molecular weight excluding hydrogens is 298 g/mol. The van der Waals surface area contributed by atoms with Crippen molar-refractivity contribution in [3.63, 3.8) is 0 Å². The van der Waals surface area contributed by atoms with Crippen molar-refractivity contribution in [1.29, 1.82) is 0 Å². The summed E-state index contributed by atoms with van der Waals surface area (Å²) in [5, 5.41) is 0. The number of carbonyl (C=O) groups excluding carboxylic acids is 2. The first-order valence-corrected chi connectivity index (χ1v) is 6.31. The molecule has 5 heteroatoms. The summed E-state index contributed by atoms with van der Waals surface area (Å²) in [6.07, 6.45) is 1.25. The molecule has 1 aromatic carbocycles. The van der Waals surface area contributed by atoms with Crippen LogP contribution in [0.3, 0.4) is 0 Å². The Hall–Kier alpha value is -1.62. The van der Waals surface area contributed by atoms with Crippen molar-refractivity contribution in [2.24, 2.45) is 0 Å². The summed E-state index contributed by atoms with van der Waals surface area (Å²) < 4.78 is 5.66. The highest BCUT2D eigenvalue weighted by Crippen LogP contribution is 2.40. The second-order valence-corrected chi connectivity index (χ2v) is 4.66. The minimum atomic E-state index is -0.498. The van der Waals surface area contributed by atoms with E-state index in [9.17, 15) is 9.59 Å². The van der Waals surface area contributed by atoms with Crippen molar-refractivity contribution in [1.82, 2.24) is 0 Å². The Morgan fingerprint density at radius 1 is 1.50 bits per heavy atom. The molecule has 1 aromatic rings. The lowest BCUT2D eigenvalue weighted by Crippen LogP contribution is -2.21. The van der Waals surface area contributed by atoms with Crippen LogP contribution in [0.2, 0.25) is 0 Å². The third-order valence-corrected chi connectivity index (χ3v) is 3.34. The van der Waals surface area contributed by atoms with Gasteiger partial charge in [0.25, 0.3) is 5.91 Å². The maximum atomic E-state index is 12.1. The fourth-order valence-corrected chi connectivity index (χ4v) is 2.54. The molecule has 0 aliphatic carbocycles. The van der Waals surface area contributed by atoms with Crippen LogP contribution in [0.25, 0.3) is 5.57 Å². The smallest absolute Gasteiger partial charge is 0.331 e. The van der Waals surface area contributed by atoms with Crippen LogP contribution in [-0.4, -0.2) is 25.5 Å². The van der Waals surface area contributed by atoms with Crippen molar-refractivity contribution < 1.29 is 14.3 Å². The summed E-state index contributed by atoms with van der Waals surface area (Å²) in [7, 11) is 1.68. The largest absolute Gasteiger partial charge is 0.463 e. The number of likely N-dealkylation sites (N-methyl/N-ethyl adjacent to an activating group) is 1. The van der Waals surface area contributed by atoms with Crippen molar-refractivity contribution in [3.05, 3.63) is 34.3 Å². The fourth-order valence-electron chi connectivity index (χ4n) is 1.91. The molecule has 0 aromatic heterocycles. The molecule has 94 valence electrons. The highest BCUT2D eigenvalue weighted by Gasteiger charge is 2.31. The lowest BCUT2D eigenvalue weighted by molar-refractivity contribution is -0.137. The number of ether oxygens (including phenoxy) is 1. The van der Waals surface area contributed by atoms with Gasteiger partial charge in [-0.2, -0.15) is 0 Å². The Kier molecular flexibility index (Phi) is 3.52. The lowest BCUT2D eigenvalue weighted by Gasteiger charge is -2.10. The predicted octanol–water partition coefficient (Wildman–Crippen LogP) is 2.37. The molecule has 1 aliphatic heterocycles. The Morgan fingerprint density at radius 3 is 2.89 bits per heavy atom. The number of hydrogen-bond donors (Lipinski definition) is 0. The normalized spacial score (nSPS) is 16.1. The number of fused-ring (bicyclic) bond motifs is 1. The van der Waals surface area contributed by atoms with Crippen molar-refractivity contribution in [2.75, 3.05) is 18.6 Å². The van der Waals surface area contributed by atoms with Crippen LogP contribution < -0.4 is 4.90 Å². The molecule has 0 fully saturated rings. The van der Waals surface area contributed by atoms with Gasteiger partial charge < -0.3 is 9.64 Å². The first-order valence-electron chi connectivity index (χ1n) is 5.51. The first-order chi connectivity index (χ1) is 8.56. The quantitative estimate of drug-likeness (QED) is 0.622. The van der Waals surface area contributed by atoms with E-state index in [1.807, 2.05) is 18.2 Å². The molecule has 18 heavy (non-hydrogen) atoms. The van der Waals surface area contributed by atoms with Crippen molar-refractivity contribution in [3.8, 4) is 0 Å². The highest BCUT2D eigenvalue weighted by molar-refractivity contribution is 9.10. The number of para-hydroxylation sites is 1. The van der Waals surface area contributed by atoms with E-state index < -0.39 is 5.97 Å². The van der Waals surface area contributed by atoms with Crippen molar-refractivity contribution in [2.45, 2.75) is 6.92 Å². The van der Waals surface area contributed by atoms with Crippen LogP contribution in [-0.2, 0) is 14.3 Å². The Bertz CT molecular complexity index is 551. The van der Waals surface area contributed by atoms with Gasteiger partial charge in [0.2, 0.25) is 0 Å². The molecule has 2 rings (SSSR count). The summed E-state index contributed by atoms with van der Waals surface area (Å²) in [5.41, 5.74) is 1.88. The van der Waals surface area contributed by atoms with Crippen LogP contribution in [0, 0.1) is 0 Å². The SMILES string of the molecule is CCOC(=O)/C=C1\C(=O)N(C)c2c(Br)cccc21. The summed E-state index contributed by atoms with van der Waals surface area (Å²) in [6.45, 7) is 2.02. The van der Waals surface area contributed by atoms with E-state index in [2.05, 4.69) is 15.9 Å². The van der Waals surface area contributed by atoms with Crippen molar-refractivity contribution >= 4 is 39.1 Å². The molecule has 0 saturated heterocycles. The van der Waals surface area contributed by atoms with Gasteiger partial charge in [0, 0.05) is 23.2 Å². The highest BCUT2D eigenvalue weighted by atomic mass is 79.9. The number of carbonyl (C=O) groups is 2.